The molecule has 0 bridgehead atoms. The van der Waals surface area contributed by atoms with Crippen LogP contribution in [-0.4, -0.2) is 45.9 Å². The molecule has 1 heterocycles. The van der Waals surface area contributed by atoms with E-state index >= 15 is 0 Å². The quantitative estimate of drug-likeness (QED) is 0.474. The lowest BCUT2D eigenvalue weighted by Gasteiger charge is -2.51. The molecule has 0 N–H and O–H groups in total. The fourth-order valence-corrected chi connectivity index (χ4v) is 7.73. The Balaban J connectivity index is 1.27. The van der Waals surface area contributed by atoms with Crippen LogP contribution in [0.5, 0.6) is 0 Å². The molecule has 5 unspecified atom stereocenters. The normalized spacial score (nSPS) is 28.6. The average molecular weight is 504 g/mol. The highest BCUT2D eigenvalue weighted by atomic mass is 16.6. The fraction of sp³-hybridized carbons (Fsp3) is 0.613. The van der Waals surface area contributed by atoms with E-state index in [1.807, 2.05) is 39.2 Å². The maximum Gasteiger partial charge on any atom is 0.308 e. The molecule has 6 nitrogen and oxygen atoms in total. The lowest BCUT2D eigenvalue weighted by molar-refractivity contribution is -0.154. The molecule has 0 aliphatic heterocycles. The number of rotatable bonds is 5. The molecule has 198 valence electrons. The first-order valence-electron chi connectivity index (χ1n) is 13.9. The minimum absolute atomic E-state index is 0.0339. The van der Waals surface area contributed by atoms with Gasteiger partial charge in [0.15, 0.2) is 0 Å². The number of hydrogen-bond acceptors (Lipinski definition) is 5. The Hall–Kier alpha value is -2.76. The van der Waals surface area contributed by atoms with Crippen LogP contribution >= 0.6 is 0 Å². The van der Waals surface area contributed by atoms with Crippen LogP contribution in [0.15, 0.2) is 36.9 Å². The molecule has 2 aromatic rings. The molecular weight excluding hydrogens is 462 g/mol. The van der Waals surface area contributed by atoms with Crippen LogP contribution in [-0.2, 0) is 16.0 Å². The molecule has 0 saturated heterocycles. The smallest absolute Gasteiger partial charge is 0.308 e. The van der Waals surface area contributed by atoms with Gasteiger partial charge in [-0.05, 0) is 117 Å². The maximum absolute atomic E-state index is 13.1. The summed E-state index contributed by atoms with van der Waals surface area (Å²) in [5.41, 5.74) is 4.62. The van der Waals surface area contributed by atoms with E-state index in [1.54, 1.807) is 18.3 Å². The van der Waals surface area contributed by atoms with Gasteiger partial charge in [-0.15, -0.1) is 0 Å². The largest absolute Gasteiger partial charge is 0.460 e. The number of aryl methyl sites for hydroxylation is 1. The van der Waals surface area contributed by atoms with Crippen LogP contribution < -0.4 is 0 Å². The summed E-state index contributed by atoms with van der Waals surface area (Å²) in [5.74, 6) is 2.26. The van der Waals surface area contributed by atoms with Gasteiger partial charge in [0.25, 0.3) is 5.91 Å². The van der Waals surface area contributed by atoms with E-state index in [4.69, 9.17) is 4.74 Å². The Morgan fingerprint density at radius 1 is 1.11 bits per heavy atom. The Morgan fingerprint density at radius 3 is 2.59 bits per heavy atom. The van der Waals surface area contributed by atoms with Crippen molar-refractivity contribution in [2.24, 2.45) is 17.3 Å². The van der Waals surface area contributed by atoms with Crippen LogP contribution in [0, 0.1) is 17.3 Å². The highest BCUT2D eigenvalue weighted by molar-refractivity contribution is 5.94. The number of hydrogen-bond donors (Lipinski definition) is 0. The number of carbonyl (C=O) groups is 2. The van der Waals surface area contributed by atoms with E-state index in [-0.39, 0.29) is 18.3 Å². The van der Waals surface area contributed by atoms with Crippen LogP contribution in [0.3, 0.4) is 0 Å². The first-order chi connectivity index (χ1) is 17.6. The molecule has 2 fully saturated rings. The van der Waals surface area contributed by atoms with Gasteiger partial charge < -0.3 is 9.64 Å². The number of ether oxygens (including phenoxy) is 1. The van der Waals surface area contributed by atoms with Crippen LogP contribution in [0.4, 0.5) is 0 Å². The van der Waals surface area contributed by atoms with Crippen molar-refractivity contribution >= 4 is 11.9 Å². The Labute approximate surface area is 221 Å². The van der Waals surface area contributed by atoms with Gasteiger partial charge in [0.05, 0.1) is 6.42 Å². The van der Waals surface area contributed by atoms with Crippen LogP contribution in [0.2, 0.25) is 0 Å². The van der Waals surface area contributed by atoms with Crippen molar-refractivity contribution in [1.82, 2.24) is 14.9 Å². The van der Waals surface area contributed by atoms with Crippen molar-refractivity contribution in [1.29, 1.82) is 0 Å². The van der Waals surface area contributed by atoms with E-state index in [0.29, 0.717) is 29.7 Å². The summed E-state index contributed by atoms with van der Waals surface area (Å²) in [6, 6.07) is 6.34. The molecule has 0 spiro atoms. The van der Waals surface area contributed by atoms with Gasteiger partial charge in [-0.2, -0.15) is 0 Å². The highest BCUT2D eigenvalue weighted by Crippen LogP contribution is 2.65. The third-order valence-corrected chi connectivity index (χ3v) is 9.37. The molecular formula is C31H41N3O3. The van der Waals surface area contributed by atoms with Gasteiger partial charge in [-0.1, -0.05) is 13.0 Å². The summed E-state index contributed by atoms with van der Waals surface area (Å²) in [6.07, 6.45) is 13.1. The molecule has 5 atom stereocenters. The zero-order valence-electron chi connectivity index (χ0n) is 23.0. The molecule has 1 aromatic carbocycles. The molecule has 1 amide bonds. The average Bonchev–Trinajstić information content (AvgIpc) is 3.23. The zero-order valence-corrected chi connectivity index (χ0v) is 23.0. The number of carbonyl (C=O) groups excluding carboxylic acids is 2. The SMILES string of the molecule is CN(CCC(=O)OC(C)(C)C)C(=O)c1ccc2c(c1)CCC1C2CCC2(C)C(c3cncnc3)CCC12. The van der Waals surface area contributed by atoms with E-state index in [0.717, 1.165) is 17.9 Å². The van der Waals surface area contributed by atoms with Crippen LogP contribution in [0.25, 0.3) is 0 Å². The molecule has 37 heavy (non-hydrogen) atoms. The van der Waals surface area contributed by atoms with Crippen LogP contribution in [0.1, 0.15) is 105 Å². The van der Waals surface area contributed by atoms with E-state index in [9.17, 15) is 9.59 Å². The second-order valence-corrected chi connectivity index (χ2v) is 12.7. The zero-order chi connectivity index (χ0) is 26.4. The number of amides is 1. The van der Waals surface area contributed by atoms with Crippen molar-refractivity contribution < 1.29 is 14.3 Å². The van der Waals surface area contributed by atoms with Gasteiger partial charge in [-0.25, -0.2) is 9.97 Å². The number of nitrogens with zero attached hydrogens (tertiary/aromatic N) is 3. The van der Waals surface area contributed by atoms with E-state index < -0.39 is 5.60 Å². The summed E-state index contributed by atoms with van der Waals surface area (Å²) < 4.78 is 5.38. The van der Waals surface area contributed by atoms with Gasteiger partial charge in [0, 0.05) is 31.5 Å². The van der Waals surface area contributed by atoms with Gasteiger partial charge in [-0.3, -0.25) is 9.59 Å². The van der Waals surface area contributed by atoms with E-state index in [1.165, 1.54) is 48.8 Å². The monoisotopic (exact) mass is 503 g/mol. The van der Waals surface area contributed by atoms with Crippen molar-refractivity contribution in [3.8, 4) is 0 Å². The molecule has 3 aliphatic carbocycles. The minimum atomic E-state index is -0.512. The number of esters is 1. The molecule has 5 rings (SSSR count). The lowest BCUT2D eigenvalue weighted by atomic mass is 9.53. The molecule has 3 aliphatic rings. The Bertz CT molecular complexity index is 1160. The predicted octanol–water partition coefficient (Wildman–Crippen LogP) is 5.92. The highest BCUT2D eigenvalue weighted by Gasteiger charge is 2.55. The first kappa shape index (κ1) is 25.9. The minimum Gasteiger partial charge on any atom is -0.460 e. The fourth-order valence-electron chi connectivity index (χ4n) is 7.73. The predicted molar refractivity (Wildman–Crippen MR) is 143 cm³/mol. The molecule has 2 saturated carbocycles. The number of fused-ring (bicyclic) bond motifs is 5. The number of benzene rings is 1. The summed E-state index contributed by atoms with van der Waals surface area (Å²) in [6.45, 7) is 8.43. The Morgan fingerprint density at radius 2 is 1.86 bits per heavy atom. The standard InChI is InChI=1S/C31H41N3O3/c1-30(2,3)37-28(35)13-15-34(5)29(36)21-7-8-23-20(16-21)6-9-25-24(23)12-14-31(4)26(10-11-27(25)31)22-17-32-19-33-18-22/h7-8,16-19,24-27H,6,9-15H2,1-5H3. The molecule has 6 heteroatoms. The second kappa shape index (κ2) is 9.85. The van der Waals surface area contributed by atoms with Crippen molar-refractivity contribution in [2.75, 3.05) is 13.6 Å². The second-order valence-electron chi connectivity index (χ2n) is 12.7. The van der Waals surface area contributed by atoms with E-state index in [2.05, 4.69) is 29.0 Å². The molecule has 0 radical (unpaired) electrons. The first-order valence-corrected chi connectivity index (χ1v) is 13.9. The topological polar surface area (TPSA) is 72.4 Å². The third-order valence-electron chi connectivity index (χ3n) is 9.37. The van der Waals surface area contributed by atoms with Gasteiger partial charge in [0.2, 0.25) is 0 Å². The van der Waals surface area contributed by atoms with Crippen molar-refractivity contribution in [3.63, 3.8) is 0 Å². The van der Waals surface area contributed by atoms with Crippen molar-refractivity contribution in [3.05, 3.63) is 59.2 Å². The summed E-state index contributed by atoms with van der Waals surface area (Å²) in [5, 5.41) is 0. The number of aromatic nitrogens is 2. The summed E-state index contributed by atoms with van der Waals surface area (Å²) in [7, 11) is 1.76. The third kappa shape index (κ3) is 5.04. The van der Waals surface area contributed by atoms with Crippen molar-refractivity contribution in [2.45, 2.75) is 90.1 Å². The molecule has 1 aromatic heterocycles. The summed E-state index contributed by atoms with van der Waals surface area (Å²) >= 11 is 0. The maximum atomic E-state index is 13.1. The lowest BCUT2D eigenvalue weighted by Crippen LogP contribution is -2.41. The van der Waals surface area contributed by atoms with Gasteiger partial charge in [0.1, 0.15) is 11.9 Å². The summed E-state index contributed by atoms with van der Waals surface area (Å²) in [4.78, 5) is 35.5. The Kier molecular flexibility index (Phi) is 6.88. The van der Waals surface area contributed by atoms with Gasteiger partial charge >= 0.3 is 5.97 Å².